The van der Waals surface area contributed by atoms with E-state index in [0.717, 1.165) is 39.3 Å². The van der Waals surface area contributed by atoms with Crippen LogP contribution in [0.4, 0.5) is 0 Å². The normalized spacial score (nSPS) is 12.5. The molecule has 27 heavy (non-hydrogen) atoms. The van der Waals surface area contributed by atoms with Gasteiger partial charge in [-0.25, -0.2) is 9.97 Å². The van der Waals surface area contributed by atoms with Gasteiger partial charge in [-0.15, -0.1) is 0 Å². The van der Waals surface area contributed by atoms with Gasteiger partial charge in [0.25, 0.3) is 0 Å². The molecule has 0 radical (unpaired) electrons. The molecule has 0 spiro atoms. The molecule has 0 aromatic carbocycles. The Kier molecular flexibility index (Phi) is 3.56. The average molecular weight is 354 g/mol. The molecule has 6 nitrogen and oxygen atoms in total. The molecule has 130 valence electrons. The van der Waals surface area contributed by atoms with E-state index in [-0.39, 0.29) is 0 Å². The van der Waals surface area contributed by atoms with Crippen molar-refractivity contribution in [2.75, 3.05) is 0 Å². The zero-order valence-corrected chi connectivity index (χ0v) is 14.2. The van der Waals surface area contributed by atoms with E-state index in [1.807, 2.05) is 54.6 Å². The van der Waals surface area contributed by atoms with Gasteiger partial charge in [0.2, 0.25) is 0 Å². The number of fused-ring (bicyclic) bond motifs is 8. The van der Waals surface area contributed by atoms with Crippen LogP contribution in [0, 0.1) is 0 Å². The monoisotopic (exact) mass is 354 g/mol. The summed E-state index contributed by atoms with van der Waals surface area (Å²) in [7, 11) is -1.57. The minimum atomic E-state index is -1.57. The minimum absolute atomic E-state index is 0.402. The lowest BCUT2D eigenvalue weighted by Gasteiger charge is -1.93. The number of H-pyrrole nitrogens is 2. The number of nitrogens with one attached hydrogen (secondary N) is 2. The molecule has 4 N–H and O–H groups in total. The fourth-order valence-electron chi connectivity index (χ4n) is 3.25. The summed E-state index contributed by atoms with van der Waals surface area (Å²) in [4.78, 5) is 15.7. The maximum absolute atomic E-state index is 9.71. The largest absolute Gasteiger partial charge is 0.490 e. The van der Waals surface area contributed by atoms with E-state index in [2.05, 4.69) is 19.9 Å². The molecule has 7 heteroatoms. The van der Waals surface area contributed by atoms with Crippen molar-refractivity contribution in [1.82, 2.24) is 19.9 Å². The molecule has 2 aliphatic rings. The van der Waals surface area contributed by atoms with Crippen LogP contribution >= 0.6 is 0 Å². The smallest absolute Gasteiger partial charge is 0.423 e. The van der Waals surface area contributed by atoms with Gasteiger partial charge >= 0.3 is 7.12 Å². The molecule has 0 amide bonds. The first kappa shape index (κ1) is 15.8. The minimum Gasteiger partial charge on any atom is -0.423 e. The van der Waals surface area contributed by atoms with Gasteiger partial charge in [-0.05, 0) is 66.8 Å². The van der Waals surface area contributed by atoms with Crippen molar-refractivity contribution in [3.05, 3.63) is 65.2 Å². The van der Waals surface area contributed by atoms with Crippen LogP contribution in [0.2, 0.25) is 0 Å². The summed E-state index contributed by atoms with van der Waals surface area (Å²) in [6.45, 7) is 0. The molecule has 0 saturated heterocycles. The molecule has 0 aliphatic carbocycles. The highest BCUT2D eigenvalue weighted by molar-refractivity contribution is 6.61. The van der Waals surface area contributed by atoms with Gasteiger partial charge in [0, 0.05) is 27.5 Å². The molecule has 0 atom stereocenters. The molecule has 0 fully saturated rings. The van der Waals surface area contributed by atoms with Crippen LogP contribution in [0.5, 0.6) is 0 Å². The second kappa shape index (κ2) is 6.08. The van der Waals surface area contributed by atoms with Gasteiger partial charge in [0.15, 0.2) is 0 Å². The quantitative estimate of drug-likeness (QED) is 0.347. The van der Waals surface area contributed by atoms with Gasteiger partial charge in [-0.3, -0.25) is 0 Å². The number of aromatic nitrogens is 4. The highest BCUT2D eigenvalue weighted by Gasteiger charge is 2.15. The van der Waals surface area contributed by atoms with E-state index in [1.165, 1.54) is 0 Å². The third-order valence-electron chi connectivity index (χ3n) is 4.48. The number of rotatable bonds is 1. The predicted molar refractivity (Wildman–Crippen MR) is 109 cm³/mol. The Hall–Kier alpha value is -3.42. The topological polar surface area (TPSA) is 97.8 Å². The van der Waals surface area contributed by atoms with Gasteiger partial charge in [-0.2, -0.15) is 0 Å². The summed E-state index contributed by atoms with van der Waals surface area (Å²) in [6, 6.07) is 13.3. The van der Waals surface area contributed by atoms with Crippen molar-refractivity contribution < 1.29 is 10.0 Å². The molecule has 0 unspecified atom stereocenters. The second-order valence-electron chi connectivity index (χ2n) is 6.50. The van der Waals surface area contributed by atoms with Gasteiger partial charge in [0.1, 0.15) is 0 Å². The summed E-state index contributed by atoms with van der Waals surface area (Å²) >= 11 is 0. The summed E-state index contributed by atoms with van der Waals surface area (Å²) in [5.41, 5.74) is 6.84. The van der Waals surface area contributed by atoms with Crippen molar-refractivity contribution in [3.63, 3.8) is 0 Å². The van der Waals surface area contributed by atoms with E-state index >= 15 is 0 Å². The lowest BCUT2D eigenvalue weighted by atomic mass is 9.81. The lowest BCUT2D eigenvalue weighted by molar-refractivity contribution is 0.426. The maximum atomic E-state index is 9.71. The molecule has 0 saturated carbocycles. The Labute approximate surface area is 154 Å². The summed E-state index contributed by atoms with van der Waals surface area (Å²) in [5, 5.41) is 19.4. The Bertz CT molecular complexity index is 1270. The Morgan fingerprint density at radius 1 is 0.630 bits per heavy atom. The lowest BCUT2D eigenvalue weighted by Crippen LogP contribution is -2.28. The Morgan fingerprint density at radius 2 is 1.22 bits per heavy atom. The molecule has 5 rings (SSSR count). The molecular weight excluding hydrogens is 339 g/mol. The van der Waals surface area contributed by atoms with Crippen LogP contribution in [0.1, 0.15) is 22.8 Å². The SMILES string of the molecule is OB(O)c1cc2cc3ccc(cc4nc(cc5nc(cc1[nH]2)C=C5)C=C4)[nH]3. The van der Waals surface area contributed by atoms with Gasteiger partial charge in [-0.1, -0.05) is 0 Å². The number of aromatic amines is 2. The summed E-state index contributed by atoms with van der Waals surface area (Å²) in [6.07, 6.45) is 7.71. The van der Waals surface area contributed by atoms with Gasteiger partial charge < -0.3 is 20.0 Å². The molecule has 3 aromatic heterocycles. The van der Waals surface area contributed by atoms with Crippen LogP contribution < -0.4 is 5.46 Å². The van der Waals surface area contributed by atoms with Gasteiger partial charge in [0.05, 0.1) is 22.8 Å². The van der Waals surface area contributed by atoms with Crippen molar-refractivity contribution in [1.29, 1.82) is 0 Å². The number of hydrogen-bond donors (Lipinski definition) is 4. The Morgan fingerprint density at radius 3 is 1.89 bits per heavy atom. The number of hydrogen-bond acceptors (Lipinski definition) is 4. The standard InChI is InChI=1S/C20H15BN4O2/c26-21(27)19-10-18-9-16-4-3-14(23-16)7-12-1-2-13(22-12)8-15-5-6-17(24-15)11-20(19)25-18/h1-11,23,25-27H. The molecule has 5 heterocycles. The van der Waals surface area contributed by atoms with Crippen LogP contribution in [-0.2, 0) is 0 Å². The van der Waals surface area contributed by atoms with Crippen LogP contribution in [-0.4, -0.2) is 37.1 Å². The molecule has 8 bridgehead atoms. The number of nitrogens with zero attached hydrogens (tertiary/aromatic N) is 2. The zero-order chi connectivity index (χ0) is 18.4. The first-order valence-corrected chi connectivity index (χ1v) is 8.57. The highest BCUT2D eigenvalue weighted by Crippen LogP contribution is 2.17. The van der Waals surface area contributed by atoms with Crippen molar-refractivity contribution in [3.8, 4) is 0 Å². The fraction of sp³-hybridized carbons (Fsp3) is 0. The third-order valence-corrected chi connectivity index (χ3v) is 4.48. The second-order valence-corrected chi connectivity index (χ2v) is 6.50. The van der Waals surface area contributed by atoms with Crippen LogP contribution in [0.3, 0.4) is 0 Å². The van der Waals surface area contributed by atoms with Crippen molar-refractivity contribution >= 4 is 59.0 Å². The Balaban J connectivity index is 1.86. The first-order valence-electron chi connectivity index (χ1n) is 8.57. The van der Waals surface area contributed by atoms with E-state index in [9.17, 15) is 10.0 Å². The van der Waals surface area contributed by atoms with E-state index in [1.54, 1.807) is 12.1 Å². The van der Waals surface area contributed by atoms with E-state index in [0.29, 0.717) is 11.0 Å². The van der Waals surface area contributed by atoms with Crippen molar-refractivity contribution in [2.24, 2.45) is 0 Å². The zero-order valence-electron chi connectivity index (χ0n) is 14.2. The predicted octanol–water partition coefficient (Wildman–Crippen LogP) is 2.34. The molecule has 3 aromatic rings. The average Bonchev–Trinajstić information content (AvgIpc) is 3.38. The summed E-state index contributed by atoms with van der Waals surface area (Å²) < 4.78 is 0. The van der Waals surface area contributed by atoms with E-state index in [4.69, 9.17) is 0 Å². The molecule has 2 aliphatic heterocycles. The van der Waals surface area contributed by atoms with Crippen molar-refractivity contribution in [2.45, 2.75) is 0 Å². The third kappa shape index (κ3) is 3.10. The fourth-order valence-corrected chi connectivity index (χ4v) is 3.25. The first-order chi connectivity index (χ1) is 13.1. The molecular formula is C20H15BN4O2. The van der Waals surface area contributed by atoms with Crippen LogP contribution in [0.25, 0.3) is 46.4 Å². The summed E-state index contributed by atoms with van der Waals surface area (Å²) in [5.74, 6) is 0. The van der Waals surface area contributed by atoms with Crippen LogP contribution in [0.15, 0.2) is 42.5 Å². The highest BCUT2D eigenvalue weighted by atomic mass is 16.4. The van der Waals surface area contributed by atoms with E-state index < -0.39 is 7.12 Å². The maximum Gasteiger partial charge on any atom is 0.490 e.